The van der Waals surface area contributed by atoms with Gasteiger partial charge in [0.1, 0.15) is 0 Å². The van der Waals surface area contributed by atoms with Crippen LogP contribution in [0.1, 0.15) is 17.3 Å². The molecule has 1 aromatic heterocycles. The summed E-state index contributed by atoms with van der Waals surface area (Å²) in [5, 5.41) is 0. The van der Waals surface area contributed by atoms with Crippen molar-refractivity contribution in [3.8, 4) is 0 Å². The first-order valence-electron chi connectivity index (χ1n) is 4.15. The molecule has 3 nitrogen and oxygen atoms in total. The second kappa shape index (κ2) is 4.98. The highest BCUT2D eigenvalue weighted by atomic mass is 79.9. The summed E-state index contributed by atoms with van der Waals surface area (Å²) in [4.78, 5) is 13.7. The van der Waals surface area contributed by atoms with Gasteiger partial charge in [-0.15, -0.1) is 0 Å². The maximum Gasteiger partial charge on any atom is 0.258 e. The van der Waals surface area contributed by atoms with E-state index in [0.29, 0.717) is 16.8 Å². The number of nitrogens with zero attached hydrogens (tertiary/aromatic N) is 1. The summed E-state index contributed by atoms with van der Waals surface area (Å²) in [5.74, 6) is -0.0445. The van der Waals surface area contributed by atoms with Crippen molar-refractivity contribution >= 4 is 37.8 Å². The van der Waals surface area contributed by atoms with Gasteiger partial charge in [-0.3, -0.25) is 4.79 Å². The van der Waals surface area contributed by atoms with Gasteiger partial charge in [-0.05, 0) is 22.0 Å². The molecule has 1 amide bonds. The molecule has 0 spiro atoms. The summed E-state index contributed by atoms with van der Waals surface area (Å²) in [6, 6.07) is 1.65. The maximum atomic E-state index is 11.8. The maximum absolute atomic E-state index is 11.8. The van der Waals surface area contributed by atoms with E-state index in [1.807, 2.05) is 6.92 Å². The molecular formula is C9H11Br2NO2. The zero-order valence-electron chi connectivity index (χ0n) is 7.96. The van der Waals surface area contributed by atoms with Crippen LogP contribution in [0.2, 0.25) is 0 Å². The average molecular weight is 325 g/mol. The first-order valence-corrected chi connectivity index (χ1v) is 5.85. The summed E-state index contributed by atoms with van der Waals surface area (Å²) in [7, 11) is 1.76. The van der Waals surface area contributed by atoms with Crippen LogP contribution in [0.25, 0.3) is 0 Å². The second-order valence-electron chi connectivity index (χ2n) is 3.07. The predicted octanol–water partition coefficient (Wildman–Crippen LogP) is 2.90. The van der Waals surface area contributed by atoms with Gasteiger partial charge < -0.3 is 9.32 Å². The van der Waals surface area contributed by atoms with Crippen LogP contribution in [0.5, 0.6) is 0 Å². The molecule has 1 atom stereocenters. The Kier molecular flexibility index (Phi) is 4.19. The van der Waals surface area contributed by atoms with Gasteiger partial charge in [-0.2, -0.15) is 0 Å². The van der Waals surface area contributed by atoms with Gasteiger partial charge in [0.15, 0.2) is 4.67 Å². The lowest BCUT2D eigenvalue weighted by atomic mass is 10.3. The fourth-order valence-corrected chi connectivity index (χ4v) is 1.96. The van der Waals surface area contributed by atoms with Gasteiger partial charge >= 0.3 is 0 Å². The fraction of sp³-hybridized carbons (Fsp3) is 0.444. The van der Waals surface area contributed by atoms with Crippen molar-refractivity contribution in [3.05, 3.63) is 22.6 Å². The zero-order valence-corrected chi connectivity index (χ0v) is 11.1. The number of carbonyl (C=O) groups excluding carboxylic acids is 1. The number of rotatable bonds is 3. The van der Waals surface area contributed by atoms with E-state index in [4.69, 9.17) is 4.42 Å². The Hall–Kier alpha value is -0.290. The third-order valence-electron chi connectivity index (χ3n) is 1.72. The Morgan fingerprint density at radius 1 is 1.71 bits per heavy atom. The number of hydrogen-bond acceptors (Lipinski definition) is 2. The van der Waals surface area contributed by atoms with Crippen molar-refractivity contribution in [2.45, 2.75) is 11.8 Å². The number of hydrogen-bond donors (Lipinski definition) is 0. The molecule has 0 saturated carbocycles. The van der Waals surface area contributed by atoms with Crippen LogP contribution in [-0.2, 0) is 0 Å². The van der Waals surface area contributed by atoms with Crippen LogP contribution in [0.15, 0.2) is 21.4 Å². The van der Waals surface area contributed by atoms with E-state index in [9.17, 15) is 4.79 Å². The van der Waals surface area contributed by atoms with Crippen LogP contribution < -0.4 is 0 Å². The SMILES string of the molecule is CC(Br)CN(C)C(=O)c1ccoc1Br. The standard InChI is InChI=1S/C9H11Br2NO2/c1-6(10)5-12(2)9(13)7-3-4-14-8(7)11/h3-4,6H,5H2,1-2H3. The van der Waals surface area contributed by atoms with Crippen LogP contribution in [0.3, 0.4) is 0 Å². The molecule has 0 aliphatic rings. The molecule has 0 radical (unpaired) electrons. The third-order valence-corrected chi connectivity index (χ3v) is 2.62. The Bertz CT molecular complexity index is 322. The van der Waals surface area contributed by atoms with Crippen molar-refractivity contribution in [3.63, 3.8) is 0 Å². The highest BCUT2D eigenvalue weighted by Crippen LogP contribution is 2.19. The van der Waals surface area contributed by atoms with E-state index >= 15 is 0 Å². The molecular weight excluding hydrogens is 314 g/mol. The van der Waals surface area contributed by atoms with Crippen molar-refractivity contribution in [2.24, 2.45) is 0 Å². The Morgan fingerprint density at radius 2 is 2.36 bits per heavy atom. The molecule has 5 heteroatoms. The van der Waals surface area contributed by atoms with Gasteiger partial charge in [-0.25, -0.2) is 0 Å². The van der Waals surface area contributed by atoms with Gasteiger partial charge in [0.2, 0.25) is 0 Å². The summed E-state index contributed by atoms with van der Waals surface area (Å²) in [6.07, 6.45) is 1.49. The predicted molar refractivity (Wildman–Crippen MR) is 61.8 cm³/mol. The quantitative estimate of drug-likeness (QED) is 0.801. The number of carbonyl (C=O) groups is 1. The average Bonchev–Trinajstić information content (AvgIpc) is 2.48. The van der Waals surface area contributed by atoms with E-state index in [1.54, 1.807) is 18.0 Å². The van der Waals surface area contributed by atoms with E-state index < -0.39 is 0 Å². The molecule has 1 heterocycles. The Labute approximate surface area is 99.7 Å². The molecule has 0 fully saturated rings. The molecule has 0 aliphatic carbocycles. The Balaban J connectivity index is 2.71. The first kappa shape index (κ1) is 11.8. The van der Waals surface area contributed by atoms with Gasteiger partial charge in [0.05, 0.1) is 11.8 Å². The van der Waals surface area contributed by atoms with Crippen molar-refractivity contribution < 1.29 is 9.21 Å². The summed E-state index contributed by atoms with van der Waals surface area (Å²) < 4.78 is 5.48. The lowest BCUT2D eigenvalue weighted by Gasteiger charge is -2.17. The van der Waals surface area contributed by atoms with E-state index in [-0.39, 0.29) is 10.7 Å². The van der Waals surface area contributed by atoms with Crippen molar-refractivity contribution in [1.82, 2.24) is 4.90 Å². The van der Waals surface area contributed by atoms with Crippen molar-refractivity contribution in [1.29, 1.82) is 0 Å². The molecule has 78 valence electrons. The molecule has 0 bridgehead atoms. The Morgan fingerprint density at radius 3 is 2.79 bits per heavy atom. The molecule has 1 unspecified atom stereocenters. The third kappa shape index (κ3) is 2.85. The van der Waals surface area contributed by atoms with Crippen LogP contribution >= 0.6 is 31.9 Å². The summed E-state index contributed by atoms with van der Waals surface area (Å²) in [5.41, 5.74) is 0.556. The highest BCUT2D eigenvalue weighted by molar-refractivity contribution is 9.10. The highest BCUT2D eigenvalue weighted by Gasteiger charge is 2.17. The lowest BCUT2D eigenvalue weighted by Crippen LogP contribution is -2.31. The molecule has 14 heavy (non-hydrogen) atoms. The zero-order chi connectivity index (χ0) is 10.7. The van der Waals surface area contributed by atoms with Crippen LogP contribution in [-0.4, -0.2) is 29.2 Å². The summed E-state index contributed by atoms with van der Waals surface area (Å²) >= 11 is 6.57. The van der Waals surface area contributed by atoms with Gasteiger partial charge in [0.25, 0.3) is 5.91 Å². The molecule has 0 aliphatic heterocycles. The largest absolute Gasteiger partial charge is 0.457 e. The minimum Gasteiger partial charge on any atom is -0.457 e. The number of furan rings is 1. The second-order valence-corrected chi connectivity index (χ2v) is 5.36. The van der Waals surface area contributed by atoms with E-state index in [1.165, 1.54) is 6.26 Å². The summed E-state index contributed by atoms with van der Waals surface area (Å²) in [6.45, 7) is 2.66. The molecule has 1 rings (SSSR count). The van der Waals surface area contributed by atoms with Gasteiger partial charge in [0, 0.05) is 18.4 Å². The number of alkyl halides is 1. The fourth-order valence-electron chi connectivity index (χ4n) is 1.11. The monoisotopic (exact) mass is 323 g/mol. The number of amides is 1. The normalized spacial score (nSPS) is 12.6. The number of halogens is 2. The smallest absolute Gasteiger partial charge is 0.258 e. The van der Waals surface area contributed by atoms with Crippen molar-refractivity contribution in [2.75, 3.05) is 13.6 Å². The van der Waals surface area contributed by atoms with Gasteiger partial charge in [-0.1, -0.05) is 22.9 Å². The topological polar surface area (TPSA) is 33.5 Å². The lowest BCUT2D eigenvalue weighted by molar-refractivity contribution is 0.0795. The minimum absolute atomic E-state index is 0.0445. The molecule has 1 aromatic rings. The molecule has 0 N–H and O–H groups in total. The molecule has 0 aromatic carbocycles. The molecule has 0 saturated heterocycles. The van der Waals surface area contributed by atoms with E-state index in [0.717, 1.165) is 0 Å². The minimum atomic E-state index is -0.0445. The van der Waals surface area contributed by atoms with Crippen LogP contribution in [0, 0.1) is 0 Å². The first-order chi connectivity index (χ1) is 6.52. The van der Waals surface area contributed by atoms with E-state index in [2.05, 4.69) is 31.9 Å². The van der Waals surface area contributed by atoms with Crippen LogP contribution in [0.4, 0.5) is 0 Å².